The summed E-state index contributed by atoms with van der Waals surface area (Å²) in [6.07, 6.45) is 0.988. The van der Waals surface area contributed by atoms with Gasteiger partial charge in [-0.15, -0.1) is 16.4 Å². The van der Waals surface area contributed by atoms with Crippen LogP contribution < -0.4 is 5.56 Å². The lowest BCUT2D eigenvalue weighted by Gasteiger charge is -2.31. The second-order valence-electron chi connectivity index (χ2n) is 6.26. The van der Waals surface area contributed by atoms with E-state index in [2.05, 4.69) is 15.5 Å². The van der Waals surface area contributed by atoms with Crippen LogP contribution in [0.4, 0.5) is 0 Å². The van der Waals surface area contributed by atoms with E-state index in [1.165, 1.54) is 20.3 Å². The van der Waals surface area contributed by atoms with Gasteiger partial charge in [-0.25, -0.2) is 13.1 Å². The van der Waals surface area contributed by atoms with E-state index in [1.54, 1.807) is 19.9 Å². The van der Waals surface area contributed by atoms with Gasteiger partial charge in [-0.2, -0.15) is 4.31 Å². The molecule has 3 aromatic heterocycles. The van der Waals surface area contributed by atoms with Crippen LogP contribution in [0.2, 0.25) is 0 Å². The Morgan fingerprint density at radius 1 is 1.27 bits per heavy atom. The number of aryl methyl sites for hydroxylation is 2. The minimum absolute atomic E-state index is 0.132. The van der Waals surface area contributed by atoms with Crippen molar-refractivity contribution in [3.63, 3.8) is 0 Å². The summed E-state index contributed by atoms with van der Waals surface area (Å²) in [6.45, 7) is 3.80. The van der Waals surface area contributed by atoms with E-state index in [9.17, 15) is 13.2 Å². The highest BCUT2D eigenvalue weighted by atomic mass is 32.2. The number of fused-ring (bicyclic) bond motifs is 1. The van der Waals surface area contributed by atoms with Gasteiger partial charge in [-0.05, 0) is 38.1 Å². The highest BCUT2D eigenvalue weighted by Gasteiger charge is 2.34. The monoisotopic (exact) mass is 395 g/mol. The predicted molar refractivity (Wildman–Crippen MR) is 94.7 cm³/mol. The summed E-state index contributed by atoms with van der Waals surface area (Å²) >= 11 is 1.34. The van der Waals surface area contributed by atoms with E-state index in [1.807, 2.05) is 5.38 Å². The van der Waals surface area contributed by atoms with Gasteiger partial charge in [0.1, 0.15) is 20.8 Å². The van der Waals surface area contributed by atoms with E-state index in [0.717, 1.165) is 0 Å². The molecule has 0 unspecified atom stereocenters. The molecule has 0 N–H and O–H groups in total. The Morgan fingerprint density at radius 2 is 2.00 bits per heavy atom. The van der Waals surface area contributed by atoms with Crippen LogP contribution in [-0.4, -0.2) is 46.0 Å². The Labute approximate surface area is 153 Å². The van der Waals surface area contributed by atoms with E-state index in [0.29, 0.717) is 41.8 Å². The Hall–Kier alpha value is -2.11. The molecule has 4 rings (SSSR count). The van der Waals surface area contributed by atoms with Crippen molar-refractivity contribution in [3.8, 4) is 0 Å². The molecule has 26 heavy (non-hydrogen) atoms. The molecule has 0 saturated carbocycles. The van der Waals surface area contributed by atoms with E-state index in [-0.39, 0.29) is 22.3 Å². The zero-order chi connectivity index (χ0) is 18.5. The average Bonchev–Trinajstić information content (AvgIpc) is 3.22. The molecule has 9 nitrogen and oxygen atoms in total. The van der Waals surface area contributed by atoms with Gasteiger partial charge >= 0.3 is 0 Å². The van der Waals surface area contributed by atoms with Crippen molar-refractivity contribution in [2.45, 2.75) is 37.6 Å². The minimum Gasteiger partial charge on any atom is -0.360 e. The zero-order valence-electron chi connectivity index (χ0n) is 14.2. The molecule has 0 spiro atoms. The molecular formula is C15H17N5O4S2. The highest BCUT2D eigenvalue weighted by Crippen LogP contribution is 2.29. The Balaban J connectivity index is 1.57. The SMILES string of the molecule is Cc1noc(C)c1S(=O)(=O)N1CCC(n2nnc3ccsc3c2=O)CC1. The maximum atomic E-state index is 12.9. The highest BCUT2D eigenvalue weighted by molar-refractivity contribution is 7.89. The van der Waals surface area contributed by atoms with Crippen molar-refractivity contribution in [2.24, 2.45) is 0 Å². The van der Waals surface area contributed by atoms with Crippen LogP contribution in [0.15, 0.2) is 25.7 Å². The molecule has 0 aromatic carbocycles. The van der Waals surface area contributed by atoms with Gasteiger partial charge in [-0.3, -0.25) is 4.79 Å². The van der Waals surface area contributed by atoms with E-state index in [4.69, 9.17) is 4.52 Å². The van der Waals surface area contributed by atoms with Crippen molar-refractivity contribution in [1.82, 2.24) is 24.5 Å². The molecule has 1 saturated heterocycles. The summed E-state index contributed by atoms with van der Waals surface area (Å²) in [5.41, 5.74) is 0.779. The molecule has 0 atom stereocenters. The number of sulfonamides is 1. The molecule has 3 aromatic rings. The van der Waals surface area contributed by atoms with Crippen molar-refractivity contribution < 1.29 is 12.9 Å². The molecule has 1 fully saturated rings. The normalized spacial score (nSPS) is 17.2. The molecule has 0 bridgehead atoms. The molecular weight excluding hydrogens is 378 g/mol. The standard InChI is InChI=1S/C15H17N5O4S2/c1-9-14(10(2)24-17-9)26(22,23)19-6-3-11(4-7-19)20-15(21)13-12(16-18-20)5-8-25-13/h5,8,11H,3-4,6-7H2,1-2H3. The van der Waals surface area contributed by atoms with Crippen LogP contribution in [-0.2, 0) is 10.0 Å². The Morgan fingerprint density at radius 3 is 2.65 bits per heavy atom. The Kier molecular flexibility index (Phi) is 4.16. The van der Waals surface area contributed by atoms with Gasteiger partial charge in [0.15, 0.2) is 5.76 Å². The fourth-order valence-corrected chi connectivity index (χ4v) is 5.84. The lowest BCUT2D eigenvalue weighted by molar-refractivity contribution is 0.251. The number of hydrogen-bond acceptors (Lipinski definition) is 8. The third-order valence-electron chi connectivity index (χ3n) is 4.63. The zero-order valence-corrected chi connectivity index (χ0v) is 15.9. The molecule has 0 amide bonds. The van der Waals surface area contributed by atoms with Gasteiger partial charge in [0.25, 0.3) is 5.56 Å². The number of hydrogen-bond donors (Lipinski definition) is 0. The van der Waals surface area contributed by atoms with Crippen LogP contribution in [0.3, 0.4) is 0 Å². The molecule has 4 heterocycles. The topological polar surface area (TPSA) is 111 Å². The van der Waals surface area contributed by atoms with Gasteiger partial charge in [0, 0.05) is 13.1 Å². The number of aromatic nitrogens is 4. The summed E-state index contributed by atoms with van der Waals surface area (Å²) in [6, 6.07) is 1.59. The fraction of sp³-hybridized carbons (Fsp3) is 0.467. The lowest BCUT2D eigenvalue weighted by Crippen LogP contribution is -2.41. The van der Waals surface area contributed by atoms with Gasteiger partial charge in [0.2, 0.25) is 10.0 Å². The predicted octanol–water partition coefficient (Wildman–Crippen LogP) is 1.48. The minimum atomic E-state index is -3.67. The molecule has 1 aliphatic rings. The van der Waals surface area contributed by atoms with Crippen molar-refractivity contribution in [1.29, 1.82) is 0 Å². The summed E-state index contributed by atoms with van der Waals surface area (Å²) in [5, 5.41) is 13.7. The first kappa shape index (κ1) is 17.3. The first-order valence-corrected chi connectivity index (χ1v) is 10.5. The van der Waals surface area contributed by atoms with Crippen LogP contribution in [0.5, 0.6) is 0 Å². The van der Waals surface area contributed by atoms with Crippen LogP contribution in [0.25, 0.3) is 10.2 Å². The first-order valence-electron chi connectivity index (χ1n) is 8.15. The number of piperidine rings is 1. The number of thiophene rings is 1. The lowest BCUT2D eigenvalue weighted by atomic mass is 10.1. The van der Waals surface area contributed by atoms with Crippen molar-refractivity contribution >= 4 is 31.6 Å². The van der Waals surface area contributed by atoms with Crippen molar-refractivity contribution in [2.75, 3.05) is 13.1 Å². The molecule has 1 aliphatic heterocycles. The second-order valence-corrected chi connectivity index (χ2v) is 9.05. The van der Waals surface area contributed by atoms with Gasteiger partial charge in [0.05, 0.1) is 6.04 Å². The third kappa shape index (κ3) is 2.66. The van der Waals surface area contributed by atoms with Crippen molar-refractivity contribution in [3.05, 3.63) is 33.3 Å². The molecule has 138 valence electrons. The van der Waals surface area contributed by atoms with Gasteiger partial charge < -0.3 is 4.52 Å². The average molecular weight is 395 g/mol. The quantitative estimate of drug-likeness (QED) is 0.660. The summed E-state index contributed by atoms with van der Waals surface area (Å²) < 4.78 is 34.1. The molecule has 0 radical (unpaired) electrons. The Bertz CT molecular complexity index is 1100. The third-order valence-corrected chi connectivity index (χ3v) is 7.67. The smallest absolute Gasteiger partial charge is 0.287 e. The first-order chi connectivity index (χ1) is 12.4. The van der Waals surface area contributed by atoms with Crippen LogP contribution in [0, 0.1) is 13.8 Å². The van der Waals surface area contributed by atoms with Crippen LogP contribution >= 0.6 is 11.3 Å². The van der Waals surface area contributed by atoms with Gasteiger partial charge in [-0.1, -0.05) is 10.4 Å². The molecule has 11 heteroatoms. The molecule has 0 aliphatic carbocycles. The fourth-order valence-electron chi connectivity index (χ4n) is 3.32. The summed E-state index contributed by atoms with van der Waals surface area (Å²) in [4.78, 5) is 12.7. The van der Waals surface area contributed by atoms with E-state index < -0.39 is 10.0 Å². The number of nitrogens with zero attached hydrogens (tertiary/aromatic N) is 5. The van der Waals surface area contributed by atoms with Crippen LogP contribution in [0.1, 0.15) is 30.3 Å². The maximum absolute atomic E-state index is 12.9. The largest absolute Gasteiger partial charge is 0.360 e. The maximum Gasteiger partial charge on any atom is 0.287 e. The summed E-state index contributed by atoms with van der Waals surface area (Å²) in [5.74, 6) is 0.287. The van der Waals surface area contributed by atoms with E-state index >= 15 is 0 Å². The second kappa shape index (κ2) is 6.25. The number of rotatable bonds is 3. The summed E-state index contributed by atoms with van der Waals surface area (Å²) in [7, 11) is -3.67.